The molecule has 0 aromatic carbocycles. The van der Waals surface area contributed by atoms with Crippen LogP contribution < -0.4 is 0 Å². The van der Waals surface area contributed by atoms with Crippen molar-refractivity contribution in [2.24, 2.45) is 0 Å². The molecule has 0 N–H and O–H groups in total. The van der Waals surface area contributed by atoms with Crippen molar-refractivity contribution in [2.75, 3.05) is 18.1 Å². The predicted octanol–water partition coefficient (Wildman–Crippen LogP) is 1.40. The summed E-state index contributed by atoms with van der Waals surface area (Å²) in [5, 5.41) is 3.85. The molecule has 88 valence electrons. The van der Waals surface area contributed by atoms with Crippen LogP contribution in [0.2, 0.25) is 0 Å². The molecule has 6 heteroatoms. The minimum absolute atomic E-state index is 0.0898. The maximum absolute atomic E-state index is 11.2. The molecule has 1 aromatic heterocycles. The maximum atomic E-state index is 11.2. The number of carbonyl (C=O) groups is 1. The molecule has 0 aliphatic carbocycles. The summed E-state index contributed by atoms with van der Waals surface area (Å²) in [6.45, 7) is 2.54. The van der Waals surface area contributed by atoms with Crippen molar-refractivity contribution in [3.63, 3.8) is 0 Å². The fourth-order valence-electron chi connectivity index (χ4n) is 1.40. The van der Waals surface area contributed by atoms with Gasteiger partial charge in [0, 0.05) is 17.9 Å². The number of carbonyl (C=O) groups excluding carboxylic acids is 1. The Labute approximate surface area is 97.9 Å². The monoisotopic (exact) mass is 242 g/mol. The van der Waals surface area contributed by atoms with Crippen LogP contribution in [0.15, 0.2) is 4.52 Å². The molecule has 1 fully saturated rings. The van der Waals surface area contributed by atoms with Crippen LogP contribution in [0.5, 0.6) is 0 Å². The van der Waals surface area contributed by atoms with Gasteiger partial charge in [-0.1, -0.05) is 12.1 Å². The highest BCUT2D eigenvalue weighted by atomic mass is 32.2. The summed E-state index contributed by atoms with van der Waals surface area (Å²) in [6.07, 6.45) is 0.629. The van der Waals surface area contributed by atoms with Crippen LogP contribution in [-0.4, -0.2) is 34.0 Å². The molecule has 1 saturated heterocycles. The lowest BCUT2D eigenvalue weighted by Crippen LogP contribution is -2.16. The molecule has 0 amide bonds. The number of rotatable bonds is 4. The largest absolute Gasteiger partial charge is 0.368 e. The van der Waals surface area contributed by atoms with Gasteiger partial charge in [-0.25, -0.2) is 0 Å². The van der Waals surface area contributed by atoms with Gasteiger partial charge in [-0.3, -0.25) is 4.79 Å². The van der Waals surface area contributed by atoms with E-state index < -0.39 is 0 Å². The molecule has 0 spiro atoms. The molecule has 0 bridgehead atoms. The van der Waals surface area contributed by atoms with Crippen molar-refractivity contribution in [1.29, 1.82) is 0 Å². The van der Waals surface area contributed by atoms with Gasteiger partial charge in [-0.2, -0.15) is 16.7 Å². The molecular formula is C10H14N2O3S. The van der Waals surface area contributed by atoms with Crippen LogP contribution in [0.3, 0.4) is 0 Å². The Morgan fingerprint density at radius 2 is 2.50 bits per heavy atom. The van der Waals surface area contributed by atoms with E-state index >= 15 is 0 Å². The number of nitrogens with zero attached hydrogens (tertiary/aromatic N) is 2. The van der Waals surface area contributed by atoms with Crippen LogP contribution >= 0.6 is 11.8 Å². The summed E-state index contributed by atoms with van der Waals surface area (Å²) in [7, 11) is 0. The van der Waals surface area contributed by atoms with Gasteiger partial charge in [0.2, 0.25) is 11.7 Å². The van der Waals surface area contributed by atoms with Crippen LogP contribution in [0.4, 0.5) is 0 Å². The third-order valence-electron chi connectivity index (χ3n) is 2.33. The quantitative estimate of drug-likeness (QED) is 0.795. The molecule has 2 heterocycles. The minimum Gasteiger partial charge on any atom is -0.368 e. The fourth-order valence-corrected chi connectivity index (χ4v) is 2.24. The van der Waals surface area contributed by atoms with Gasteiger partial charge in [-0.15, -0.1) is 0 Å². The molecule has 1 unspecified atom stereocenters. The first-order chi connectivity index (χ1) is 7.79. The van der Waals surface area contributed by atoms with E-state index in [9.17, 15) is 4.79 Å². The van der Waals surface area contributed by atoms with E-state index in [0.717, 1.165) is 11.5 Å². The highest BCUT2D eigenvalue weighted by Crippen LogP contribution is 2.24. The lowest BCUT2D eigenvalue weighted by atomic mass is 10.2. The lowest BCUT2D eigenvalue weighted by Gasteiger charge is -2.18. The second kappa shape index (κ2) is 5.45. The van der Waals surface area contributed by atoms with E-state index in [0.29, 0.717) is 24.7 Å². The molecule has 0 saturated carbocycles. The number of hydrogen-bond donors (Lipinski definition) is 0. The third kappa shape index (κ3) is 2.82. The normalized spacial score (nSPS) is 20.9. The van der Waals surface area contributed by atoms with E-state index in [4.69, 9.17) is 9.26 Å². The van der Waals surface area contributed by atoms with Crippen molar-refractivity contribution < 1.29 is 14.1 Å². The number of hydrogen-bond acceptors (Lipinski definition) is 6. The highest BCUT2D eigenvalue weighted by molar-refractivity contribution is 7.99. The first-order valence-corrected chi connectivity index (χ1v) is 6.48. The van der Waals surface area contributed by atoms with Crippen molar-refractivity contribution in [3.8, 4) is 0 Å². The van der Waals surface area contributed by atoms with Crippen molar-refractivity contribution in [2.45, 2.75) is 25.9 Å². The first-order valence-electron chi connectivity index (χ1n) is 5.33. The number of aromatic nitrogens is 2. The Balaban J connectivity index is 1.98. The Hall–Kier alpha value is -0.880. The van der Waals surface area contributed by atoms with E-state index in [-0.39, 0.29) is 18.3 Å². The zero-order valence-electron chi connectivity index (χ0n) is 9.14. The fraction of sp³-hybridized carbons (Fsp3) is 0.700. The van der Waals surface area contributed by atoms with E-state index in [1.807, 2.05) is 18.7 Å². The van der Waals surface area contributed by atoms with Crippen molar-refractivity contribution in [1.82, 2.24) is 10.1 Å². The summed E-state index contributed by atoms with van der Waals surface area (Å²) in [5.74, 6) is 2.91. The smallest absolute Gasteiger partial charge is 0.234 e. The first kappa shape index (κ1) is 11.6. The molecular weight excluding hydrogens is 228 g/mol. The number of ketones is 1. The molecule has 1 aliphatic rings. The number of Topliss-reactive ketones (excluding diaryl/α,β-unsaturated/α-hetero) is 1. The van der Waals surface area contributed by atoms with Crippen molar-refractivity contribution >= 4 is 17.5 Å². The topological polar surface area (TPSA) is 65.2 Å². The summed E-state index contributed by atoms with van der Waals surface area (Å²) < 4.78 is 10.5. The molecule has 1 aliphatic heterocycles. The summed E-state index contributed by atoms with van der Waals surface area (Å²) in [5.41, 5.74) is 0. The average molecular weight is 242 g/mol. The SMILES string of the molecule is CCC(=O)Cc1nc(C2CSCCO2)no1. The molecule has 0 radical (unpaired) electrons. The average Bonchev–Trinajstić information content (AvgIpc) is 2.78. The maximum Gasteiger partial charge on any atom is 0.234 e. The second-order valence-corrected chi connectivity index (χ2v) is 4.70. The van der Waals surface area contributed by atoms with Crippen LogP contribution in [0, 0.1) is 0 Å². The number of thioether (sulfide) groups is 1. The van der Waals surface area contributed by atoms with Gasteiger partial charge in [0.25, 0.3) is 0 Å². The zero-order valence-corrected chi connectivity index (χ0v) is 9.96. The Kier molecular flexibility index (Phi) is 3.95. The zero-order chi connectivity index (χ0) is 11.4. The second-order valence-electron chi connectivity index (χ2n) is 3.55. The summed E-state index contributed by atoms with van der Waals surface area (Å²) in [6, 6.07) is 0. The minimum atomic E-state index is -0.0898. The van der Waals surface area contributed by atoms with Crippen LogP contribution in [0.1, 0.15) is 31.2 Å². The van der Waals surface area contributed by atoms with E-state index in [2.05, 4.69) is 10.1 Å². The summed E-state index contributed by atoms with van der Waals surface area (Å²) in [4.78, 5) is 15.4. The Bertz CT molecular complexity index is 361. The molecule has 2 rings (SSSR count). The Morgan fingerprint density at radius 3 is 3.19 bits per heavy atom. The van der Waals surface area contributed by atoms with Crippen molar-refractivity contribution in [3.05, 3.63) is 11.7 Å². The Morgan fingerprint density at radius 1 is 1.62 bits per heavy atom. The van der Waals surface area contributed by atoms with Gasteiger partial charge >= 0.3 is 0 Å². The number of ether oxygens (including phenoxy) is 1. The van der Waals surface area contributed by atoms with Gasteiger partial charge in [0.05, 0.1) is 13.0 Å². The van der Waals surface area contributed by atoms with E-state index in [1.54, 1.807) is 0 Å². The van der Waals surface area contributed by atoms with Gasteiger partial charge in [0.15, 0.2) is 0 Å². The summed E-state index contributed by atoms with van der Waals surface area (Å²) >= 11 is 1.81. The molecule has 16 heavy (non-hydrogen) atoms. The molecule has 5 nitrogen and oxygen atoms in total. The standard InChI is InChI=1S/C10H14N2O3S/c1-2-7(13)5-9-11-10(12-15-9)8-6-16-4-3-14-8/h8H,2-6H2,1H3. The van der Waals surface area contributed by atoms with Crippen LogP contribution in [-0.2, 0) is 16.0 Å². The molecule has 1 aromatic rings. The lowest BCUT2D eigenvalue weighted by molar-refractivity contribution is -0.118. The van der Waals surface area contributed by atoms with Gasteiger partial charge in [-0.05, 0) is 0 Å². The van der Waals surface area contributed by atoms with Crippen LogP contribution in [0.25, 0.3) is 0 Å². The molecule has 1 atom stereocenters. The highest BCUT2D eigenvalue weighted by Gasteiger charge is 2.22. The third-order valence-corrected chi connectivity index (χ3v) is 3.32. The van der Waals surface area contributed by atoms with E-state index in [1.165, 1.54) is 0 Å². The predicted molar refractivity (Wildman–Crippen MR) is 59.3 cm³/mol. The van der Waals surface area contributed by atoms with Gasteiger partial charge in [0.1, 0.15) is 11.9 Å². The van der Waals surface area contributed by atoms with Gasteiger partial charge < -0.3 is 9.26 Å².